The lowest BCUT2D eigenvalue weighted by Gasteiger charge is -2.28. The third-order valence-corrected chi connectivity index (χ3v) is 4.46. The molecule has 1 N–H and O–H groups in total. The molecule has 0 aliphatic carbocycles. The van der Waals surface area contributed by atoms with Crippen molar-refractivity contribution in [1.29, 1.82) is 0 Å². The highest BCUT2D eigenvalue weighted by molar-refractivity contribution is 7.19. The van der Waals surface area contributed by atoms with Crippen LogP contribution in [0.1, 0.15) is 5.69 Å². The summed E-state index contributed by atoms with van der Waals surface area (Å²) in [7, 11) is 0. The third-order valence-electron chi connectivity index (χ3n) is 3.20. The van der Waals surface area contributed by atoms with Crippen LogP contribution < -0.4 is 10.2 Å². The molecular weight excluding hydrogens is 242 g/mol. The molecule has 0 amide bonds. The van der Waals surface area contributed by atoms with Crippen LogP contribution in [0.5, 0.6) is 0 Å². The van der Waals surface area contributed by atoms with Gasteiger partial charge >= 0.3 is 0 Å². The predicted octanol–water partition coefficient (Wildman–Crippen LogP) is 2.53. The Morgan fingerprint density at radius 3 is 2.61 bits per heavy atom. The Bertz CT molecular complexity index is 515. The molecule has 1 aliphatic rings. The second-order valence-electron chi connectivity index (χ2n) is 4.51. The van der Waals surface area contributed by atoms with Crippen molar-refractivity contribution in [2.75, 3.05) is 31.1 Å². The summed E-state index contributed by atoms with van der Waals surface area (Å²) in [5.41, 5.74) is 2.37. The van der Waals surface area contributed by atoms with E-state index < -0.39 is 0 Å². The van der Waals surface area contributed by atoms with Crippen molar-refractivity contribution in [3.05, 3.63) is 36.0 Å². The fourth-order valence-electron chi connectivity index (χ4n) is 2.25. The number of benzene rings is 1. The minimum Gasteiger partial charge on any atom is -0.359 e. The van der Waals surface area contributed by atoms with Crippen molar-refractivity contribution in [3.63, 3.8) is 0 Å². The van der Waals surface area contributed by atoms with Gasteiger partial charge in [-0.1, -0.05) is 41.7 Å². The maximum Gasteiger partial charge on any atom is 0.125 e. The summed E-state index contributed by atoms with van der Waals surface area (Å²) in [5, 5.41) is 5.84. The van der Waals surface area contributed by atoms with Gasteiger partial charge in [0, 0.05) is 31.7 Å². The summed E-state index contributed by atoms with van der Waals surface area (Å²) < 4.78 is 0. The van der Waals surface area contributed by atoms with Crippen LogP contribution in [-0.4, -0.2) is 31.2 Å². The first-order valence-electron chi connectivity index (χ1n) is 6.33. The van der Waals surface area contributed by atoms with Gasteiger partial charge in [-0.2, -0.15) is 0 Å². The van der Waals surface area contributed by atoms with E-state index >= 15 is 0 Å². The molecule has 4 heteroatoms. The average molecular weight is 259 g/mol. The van der Waals surface area contributed by atoms with Crippen molar-refractivity contribution in [2.24, 2.45) is 0 Å². The molecule has 0 saturated carbocycles. The number of anilines is 1. The number of nitrogens with one attached hydrogen (secondary N) is 1. The van der Waals surface area contributed by atoms with E-state index in [-0.39, 0.29) is 0 Å². The van der Waals surface area contributed by atoms with Gasteiger partial charge in [-0.15, -0.1) is 0 Å². The van der Waals surface area contributed by atoms with Gasteiger partial charge in [-0.05, 0) is 6.92 Å². The van der Waals surface area contributed by atoms with Gasteiger partial charge in [0.15, 0.2) is 0 Å². The zero-order valence-corrected chi connectivity index (χ0v) is 11.3. The van der Waals surface area contributed by atoms with E-state index in [1.807, 2.05) is 6.07 Å². The van der Waals surface area contributed by atoms with Crippen molar-refractivity contribution >= 4 is 16.3 Å². The monoisotopic (exact) mass is 259 g/mol. The zero-order chi connectivity index (χ0) is 12.4. The quantitative estimate of drug-likeness (QED) is 0.898. The molecule has 18 heavy (non-hydrogen) atoms. The van der Waals surface area contributed by atoms with Crippen LogP contribution in [0.4, 0.5) is 5.00 Å². The molecule has 0 atom stereocenters. The number of piperazine rings is 1. The Morgan fingerprint density at radius 2 is 1.89 bits per heavy atom. The largest absolute Gasteiger partial charge is 0.359 e. The van der Waals surface area contributed by atoms with E-state index in [0.29, 0.717) is 0 Å². The molecule has 1 aromatic carbocycles. The fraction of sp³-hybridized carbons (Fsp3) is 0.357. The molecule has 0 spiro atoms. The van der Waals surface area contributed by atoms with E-state index in [1.165, 1.54) is 10.6 Å². The molecule has 3 rings (SSSR count). The smallest absolute Gasteiger partial charge is 0.125 e. The molecular formula is C14H17N3S. The molecule has 1 aromatic heterocycles. The third kappa shape index (κ3) is 2.26. The summed E-state index contributed by atoms with van der Waals surface area (Å²) in [5.74, 6) is 0. The standard InChI is InChI=1S/C14H17N3S/c1-11-14(17-9-7-15-8-10-17)18-13(16-11)12-5-3-2-4-6-12/h2-6,15H,7-10H2,1H3. The van der Waals surface area contributed by atoms with Crippen LogP contribution in [0.25, 0.3) is 10.6 Å². The van der Waals surface area contributed by atoms with Gasteiger partial charge in [0.25, 0.3) is 0 Å². The molecule has 2 heterocycles. The Kier molecular flexibility index (Phi) is 3.30. The lowest BCUT2D eigenvalue weighted by atomic mass is 10.2. The predicted molar refractivity (Wildman–Crippen MR) is 77.4 cm³/mol. The number of hydrogen-bond acceptors (Lipinski definition) is 4. The first-order valence-corrected chi connectivity index (χ1v) is 7.15. The highest BCUT2D eigenvalue weighted by Crippen LogP contribution is 2.34. The second-order valence-corrected chi connectivity index (χ2v) is 5.49. The molecule has 0 bridgehead atoms. The maximum atomic E-state index is 4.71. The Balaban J connectivity index is 1.91. The molecule has 2 aromatic rings. The Hall–Kier alpha value is -1.39. The maximum absolute atomic E-state index is 4.71. The van der Waals surface area contributed by atoms with Crippen LogP contribution in [0.3, 0.4) is 0 Å². The minimum atomic E-state index is 1.07. The van der Waals surface area contributed by atoms with E-state index in [9.17, 15) is 0 Å². The van der Waals surface area contributed by atoms with Crippen LogP contribution in [-0.2, 0) is 0 Å². The number of aromatic nitrogens is 1. The van der Waals surface area contributed by atoms with Crippen molar-refractivity contribution in [3.8, 4) is 10.6 Å². The van der Waals surface area contributed by atoms with Crippen LogP contribution in [0.15, 0.2) is 30.3 Å². The number of hydrogen-bond donors (Lipinski definition) is 1. The van der Waals surface area contributed by atoms with Gasteiger partial charge in [0.1, 0.15) is 10.0 Å². The van der Waals surface area contributed by atoms with Crippen LogP contribution in [0.2, 0.25) is 0 Å². The summed E-state index contributed by atoms with van der Waals surface area (Å²) in [6, 6.07) is 10.4. The summed E-state index contributed by atoms with van der Waals surface area (Å²) in [6.45, 7) is 6.41. The molecule has 0 radical (unpaired) electrons. The first kappa shape index (κ1) is 11.7. The average Bonchev–Trinajstić information content (AvgIpc) is 2.83. The van der Waals surface area contributed by atoms with E-state index in [0.717, 1.165) is 36.9 Å². The normalized spacial score (nSPS) is 15.9. The van der Waals surface area contributed by atoms with E-state index in [2.05, 4.69) is 41.4 Å². The Labute approximate surface area is 111 Å². The zero-order valence-electron chi connectivity index (χ0n) is 10.5. The van der Waals surface area contributed by atoms with Gasteiger partial charge < -0.3 is 10.2 Å². The van der Waals surface area contributed by atoms with Gasteiger partial charge in [-0.25, -0.2) is 4.98 Å². The van der Waals surface area contributed by atoms with Gasteiger partial charge in [0.2, 0.25) is 0 Å². The van der Waals surface area contributed by atoms with Crippen molar-refractivity contribution < 1.29 is 0 Å². The van der Waals surface area contributed by atoms with Crippen LogP contribution in [0, 0.1) is 6.92 Å². The molecule has 1 saturated heterocycles. The number of nitrogens with zero attached hydrogens (tertiary/aromatic N) is 2. The molecule has 1 fully saturated rings. The molecule has 1 aliphatic heterocycles. The summed E-state index contributed by atoms with van der Waals surface area (Å²) in [6.07, 6.45) is 0. The number of thiazole rings is 1. The highest BCUT2D eigenvalue weighted by Gasteiger charge is 2.17. The minimum absolute atomic E-state index is 1.07. The summed E-state index contributed by atoms with van der Waals surface area (Å²) >= 11 is 1.81. The topological polar surface area (TPSA) is 28.2 Å². The van der Waals surface area contributed by atoms with E-state index in [4.69, 9.17) is 4.98 Å². The molecule has 0 unspecified atom stereocenters. The second kappa shape index (κ2) is 5.08. The SMILES string of the molecule is Cc1nc(-c2ccccc2)sc1N1CCNCC1. The number of aryl methyl sites for hydroxylation is 1. The van der Waals surface area contributed by atoms with E-state index in [1.54, 1.807) is 11.3 Å². The van der Waals surface area contributed by atoms with Gasteiger partial charge in [0.05, 0.1) is 5.69 Å². The lowest BCUT2D eigenvalue weighted by molar-refractivity contribution is 0.591. The highest BCUT2D eigenvalue weighted by atomic mass is 32.1. The molecule has 94 valence electrons. The number of rotatable bonds is 2. The van der Waals surface area contributed by atoms with Crippen molar-refractivity contribution in [1.82, 2.24) is 10.3 Å². The Morgan fingerprint density at radius 1 is 1.17 bits per heavy atom. The lowest BCUT2D eigenvalue weighted by Crippen LogP contribution is -2.43. The summed E-state index contributed by atoms with van der Waals surface area (Å²) in [4.78, 5) is 7.15. The molecule has 3 nitrogen and oxygen atoms in total. The van der Waals surface area contributed by atoms with Crippen molar-refractivity contribution in [2.45, 2.75) is 6.92 Å². The van der Waals surface area contributed by atoms with Gasteiger partial charge in [-0.3, -0.25) is 0 Å². The fourth-order valence-corrected chi connectivity index (χ4v) is 3.38. The van der Waals surface area contributed by atoms with Crippen LogP contribution >= 0.6 is 11.3 Å². The first-order chi connectivity index (χ1) is 8.84.